The van der Waals surface area contributed by atoms with Gasteiger partial charge in [-0.05, 0) is 64.5 Å². The van der Waals surface area contributed by atoms with Crippen molar-refractivity contribution >= 4 is 44.3 Å². The second kappa shape index (κ2) is 8.59. The highest BCUT2D eigenvalue weighted by Gasteiger charge is 2.30. The van der Waals surface area contributed by atoms with Crippen LogP contribution in [-0.2, 0) is 17.8 Å². The van der Waals surface area contributed by atoms with Crippen molar-refractivity contribution < 1.29 is 9.53 Å². The van der Waals surface area contributed by atoms with Crippen LogP contribution in [0.3, 0.4) is 0 Å². The standard InChI is InChI=1S/C23H21BrN6O3.CH4/c1-33-11-14-8-18-17(26-22(31)21-28-27-20(30(18)21)12-3-2-4-12)9-16(14)23(32)29-6-5-13-7-15(24)10-25-19(13)29;/h7-10,12H,2-6,11H2,1H3,(H,26,31);1H4. The Bertz CT molecular complexity index is 1490. The smallest absolute Gasteiger partial charge is 0.294 e. The van der Waals surface area contributed by atoms with Crippen LogP contribution in [0.5, 0.6) is 0 Å². The van der Waals surface area contributed by atoms with E-state index >= 15 is 0 Å². The molecule has 1 aliphatic heterocycles. The van der Waals surface area contributed by atoms with Crippen LogP contribution in [-0.4, -0.2) is 44.1 Å². The highest BCUT2D eigenvalue weighted by molar-refractivity contribution is 9.10. The number of hydrogen-bond donors (Lipinski definition) is 1. The number of pyridine rings is 1. The fraction of sp³-hybridized carbons (Fsp3) is 0.375. The number of anilines is 1. The van der Waals surface area contributed by atoms with Gasteiger partial charge in [-0.25, -0.2) is 4.98 Å². The summed E-state index contributed by atoms with van der Waals surface area (Å²) in [5, 5.41) is 8.48. The topological polar surface area (TPSA) is 105 Å². The van der Waals surface area contributed by atoms with Crippen LogP contribution >= 0.6 is 15.9 Å². The van der Waals surface area contributed by atoms with Crippen LogP contribution in [0, 0.1) is 0 Å². The Balaban J connectivity index is 0.00000241. The third-order valence-corrected chi connectivity index (χ3v) is 7.05. The molecular weight excluding hydrogens is 500 g/mol. The van der Waals surface area contributed by atoms with Crippen molar-refractivity contribution in [1.82, 2.24) is 24.6 Å². The molecule has 0 atom stereocenters. The molecule has 0 unspecified atom stereocenters. The highest BCUT2D eigenvalue weighted by Crippen LogP contribution is 2.36. The lowest BCUT2D eigenvalue weighted by atomic mass is 9.85. The van der Waals surface area contributed by atoms with E-state index in [1.807, 2.05) is 16.5 Å². The van der Waals surface area contributed by atoms with Gasteiger partial charge in [-0.15, -0.1) is 10.2 Å². The van der Waals surface area contributed by atoms with E-state index < -0.39 is 0 Å². The number of hydrogen-bond acceptors (Lipinski definition) is 6. The van der Waals surface area contributed by atoms with Crippen molar-refractivity contribution in [1.29, 1.82) is 0 Å². The number of carbonyl (C=O) groups is 1. The monoisotopic (exact) mass is 524 g/mol. The minimum atomic E-state index is -0.323. The minimum Gasteiger partial charge on any atom is -0.380 e. The molecule has 9 nitrogen and oxygen atoms in total. The minimum absolute atomic E-state index is 0. The fourth-order valence-electron chi connectivity index (χ4n) is 4.76. The zero-order valence-electron chi connectivity index (χ0n) is 18.0. The highest BCUT2D eigenvalue weighted by atomic mass is 79.9. The van der Waals surface area contributed by atoms with Crippen molar-refractivity contribution in [3.63, 3.8) is 0 Å². The zero-order valence-corrected chi connectivity index (χ0v) is 19.6. The Labute approximate surface area is 204 Å². The molecule has 0 saturated heterocycles. The predicted molar refractivity (Wildman–Crippen MR) is 132 cm³/mol. The summed E-state index contributed by atoms with van der Waals surface area (Å²) < 4.78 is 8.17. The Kier molecular flexibility index (Phi) is 5.73. The van der Waals surface area contributed by atoms with E-state index in [-0.39, 0.29) is 31.1 Å². The van der Waals surface area contributed by atoms with E-state index in [1.165, 1.54) is 0 Å². The zero-order chi connectivity index (χ0) is 22.7. The summed E-state index contributed by atoms with van der Waals surface area (Å²) in [6, 6.07) is 5.65. The summed E-state index contributed by atoms with van der Waals surface area (Å²) in [6.45, 7) is 0.807. The van der Waals surface area contributed by atoms with Gasteiger partial charge in [0.05, 0.1) is 17.6 Å². The summed E-state index contributed by atoms with van der Waals surface area (Å²) in [5.41, 5.74) is 3.53. The molecule has 34 heavy (non-hydrogen) atoms. The molecule has 6 rings (SSSR count). The van der Waals surface area contributed by atoms with E-state index in [4.69, 9.17) is 4.74 Å². The van der Waals surface area contributed by atoms with Gasteiger partial charge >= 0.3 is 0 Å². The first-order chi connectivity index (χ1) is 16.0. The number of halogens is 1. The number of aromatic amines is 1. The van der Waals surface area contributed by atoms with Crippen LogP contribution in [0.2, 0.25) is 0 Å². The maximum absolute atomic E-state index is 13.7. The van der Waals surface area contributed by atoms with Gasteiger partial charge in [-0.3, -0.25) is 18.9 Å². The van der Waals surface area contributed by atoms with Crippen molar-refractivity contribution in [2.75, 3.05) is 18.6 Å². The van der Waals surface area contributed by atoms with Crippen LogP contribution < -0.4 is 10.5 Å². The number of amides is 1. The van der Waals surface area contributed by atoms with E-state index in [1.54, 1.807) is 24.3 Å². The average Bonchev–Trinajstić information content (AvgIpc) is 3.37. The number of nitrogens with zero attached hydrogens (tertiary/aromatic N) is 5. The van der Waals surface area contributed by atoms with Gasteiger partial charge in [0.1, 0.15) is 11.6 Å². The number of rotatable bonds is 4. The van der Waals surface area contributed by atoms with Crippen molar-refractivity contribution in [3.05, 3.63) is 61.7 Å². The Morgan fingerprint density at radius 3 is 2.82 bits per heavy atom. The summed E-state index contributed by atoms with van der Waals surface area (Å²) in [7, 11) is 1.60. The number of aromatic nitrogens is 5. The maximum atomic E-state index is 13.7. The number of ether oxygens (including phenoxy) is 1. The van der Waals surface area contributed by atoms with Crippen LogP contribution in [0.15, 0.2) is 33.7 Å². The Hall–Kier alpha value is -3.11. The van der Waals surface area contributed by atoms with Crippen molar-refractivity contribution in [3.8, 4) is 0 Å². The van der Waals surface area contributed by atoms with Gasteiger partial charge in [-0.1, -0.05) is 13.8 Å². The lowest BCUT2D eigenvalue weighted by Crippen LogP contribution is -2.30. The number of benzene rings is 1. The summed E-state index contributed by atoms with van der Waals surface area (Å²) in [4.78, 5) is 35.5. The molecule has 4 heterocycles. The van der Waals surface area contributed by atoms with Gasteiger partial charge in [0, 0.05) is 35.8 Å². The van der Waals surface area contributed by atoms with E-state index in [2.05, 4.69) is 36.1 Å². The molecule has 2 aliphatic rings. The lowest BCUT2D eigenvalue weighted by molar-refractivity contribution is 0.0984. The van der Waals surface area contributed by atoms with E-state index in [0.29, 0.717) is 29.4 Å². The molecule has 1 aliphatic carbocycles. The molecule has 1 amide bonds. The summed E-state index contributed by atoms with van der Waals surface area (Å²) >= 11 is 3.45. The Morgan fingerprint density at radius 1 is 1.26 bits per heavy atom. The number of nitrogens with one attached hydrogen (secondary N) is 1. The molecule has 1 N–H and O–H groups in total. The normalized spacial score (nSPS) is 15.4. The molecule has 1 saturated carbocycles. The first-order valence-corrected chi connectivity index (χ1v) is 11.7. The van der Waals surface area contributed by atoms with Crippen LogP contribution in [0.1, 0.15) is 59.9 Å². The van der Waals surface area contributed by atoms with Crippen LogP contribution in [0.25, 0.3) is 16.7 Å². The quantitative estimate of drug-likeness (QED) is 0.432. The second-order valence-electron chi connectivity index (χ2n) is 8.60. The molecule has 0 radical (unpaired) electrons. The van der Waals surface area contributed by atoms with Gasteiger partial charge in [0.2, 0.25) is 5.65 Å². The molecular formula is C24H25BrN6O3. The number of H-pyrrole nitrogens is 1. The molecule has 1 aromatic carbocycles. The predicted octanol–water partition coefficient (Wildman–Crippen LogP) is 3.98. The van der Waals surface area contributed by atoms with Crippen molar-refractivity contribution in [2.45, 2.75) is 45.6 Å². The first kappa shape index (κ1) is 22.7. The van der Waals surface area contributed by atoms with Gasteiger partial charge < -0.3 is 9.72 Å². The molecule has 176 valence electrons. The SMILES string of the molecule is C.COCc1cc2c(cc1C(=O)N1CCc3cc(Br)cnc31)[nH]c(=O)c1nnc(C3CCC3)n12. The summed E-state index contributed by atoms with van der Waals surface area (Å²) in [6.07, 6.45) is 5.66. The number of fused-ring (bicyclic) bond motifs is 4. The van der Waals surface area contributed by atoms with Gasteiger partial charge in [-0.2, -0.15) is 0 Å². The maximum Gasteiger partial charge on any atom is 0.294 e. The average molecular weight is 525 g/mol. The largest absolute Gasteiger partial charge is 0.380 e. The molecule has 3 aromatic heterocycles. The number of methoxy groups -OCH3 is 1. The van der Waals surface area contributed by atoms with Crippen molar-refractivity contribution in [2.24, 2.45) is 0 Å². The fourth-order valence-corrected chi connectivity index (χ4v) is 5.14. The Morgan fingerprint density at radius 2 is 2.09 bits per heavy atom. The second-order valence-corrected chi connectivity index (χ2v) is 9.52. The van der Waals surface area contributed by atoms with E-state index in [0.717, 1.165) is 52.6 Å². The molecule has 4 aromatic rings. The van der Waals surface area contributed by atoms with Crippen LogP contribution in [0.4, 0.5) is 5.82 Å². The molecule has 1 fully saturated rings. The third kappa shape index (κ3) is 3.43. The molecule has 0 spiro atoms. The third-order valence-electron chi connectivity index (χ3n) is 6.62. The molecule has 0 bridgehead atoms. The lowest BCUT2D eigenvalue weighted by Gasteiger charge is -2.24. The first-order valence-electron chi connectivity index (χ1n) is 10.9. The van der Waals surface area contributed by atoms with E-state index in [9.17, 15) is 9.59 Å². The van der Waals surface area contributed by atoms with Gasteiger partial charge in [0.15, 0.2) is 0 Å². The summed E-state index contributed by atoms with van der Waals surface area (Å²) in [5.74, 6) is 1.60. The van der Waals surface area contributed by atoms with Gasteiger partial charge in [0.25, 0.3) is 11.5 Å². The number of carbonyl (C=O) groups excluding carboxylic acids is 1. The molecule has 10 heteroatoms.